The van der Waals surface area contributed by atoms with Crippen LogP contribution in [0.2, 0.25) is 5.02 Å². The number of rotatable bonds is 8. The first-order chi connectivity index (χ1) is 18.6. The standard InChI is InChI=1S/C32H24ClN3O2/c1-38-27-18-8-23(9-19-27)11-21-31-35-29-5-3-2-4-28(29)32(36-31)34-26-16-12-24(13-17-26)30(37)20-10-22-6-14-25(33)15-7-22/h2-21H,1H3,(H,34,35,36)/b20-10+,21-11+. The molecule has 0 spiro atoms. The molecule has 6 heteroatoms. The van der Waals surface area contributed by atoms with Crippen molar-refractivity contribution in [3.05, 3.63) is 131 Å². The molecule has 0 bridgehead atoms. The Hall–Kier alpha value is -4.74. The van der Waals surface area contributed by atoms with Gasteiger partial charge in [-0.2, -0.15) is 0 Å². The quantitative estimate of drug-likeness (QED) is 0.166. The van der Waals surface area contributed by atoms with Crippen LogP contribution in [0.1, 0.15) is 27.3 Å². The molecule has 1 N–H and O–H groups in total. The van der Waals surface area contributed by atoms with Gasteiger partial charge in [0.15, 0.2) is 11.6 Å². The van der Waals surface area contributed by atoms with Crippen LogP contribution in [0.25, 0.3) is 29.1 Å². The number of benzene rings is 4. The van der Waals surface area contributed by atoms with Gasteiger partial charge in [0.1, 0.15) is 11.6 Å². The molecule has 186 valence electrons. The summed E-state index contributed by atoms with van der Waals surface area (Å²) < 4.78 is 5.22. The number of ether oxygens (including phenoxy) is 1. The molecule has 0 atom stereocenters. The highest BCUT2D eigenvalue weighted by molar-refractivity contribution is 6.30. The molecule has 5 nitrogen and oxygen atoms in total. The molecule has 0 saturated heterocycles. The summed E-state index contributed by atoms with van der Waals surface area (Å²) in [4.78, 5) is 22.1. The maximum atomic E-state index is 12.6. The van der Waals surface area contributed by atoms with E-state index in [9.17, 15) is 4.79 Å². The summed E-state index contributed by atoms with van der Waals surface area (Å²) in [5.41, 5.74) is 4.17. The van der Waals surface area contributed by atoms with Crippen LogP contribution in [-0.4, -0.2) is 22.9 Å². The lowest BCUT2D eigenvalue weighted by Crippen LogP contribution is -2.00. The van der Waals surface area contributed by atoms with Gasteiger partial charge in [-0.25, -0.2) is 9.97 Å². The number of aromatic nitrogens is 2. The summed E-state index contributed by atoms with van der Waals surface area (Å²) in [5, 5.41) is 4.95. The lowest BCUT2D eigenvalue weighted by molar-refractivity contribution is 0.104. The van der Waals surface area contributed by atoms with E-state index >= 15 is 0 Å². The monoisotopic (exact) mass is 517 g/mol. The van der Waals surface area contributed by atoms with Gasteiger partial charge in [0, 0.05) is 21.7 Å². The molecule has 0 fully saturated rings. The average Bonchev–Trinajstić information content (AvgIpc) is 2.96. The highest BCUT2D eigenvalue weighted by atomic mass is 35.5. The van der Waals surface area contributed by atoms with Crippen molar-refractivity contribution in [1.29, 1.82) is 0 Å². The number of anilines is 2. The van der Waals surface area contributed by atoms with E-state index in [1.54, 1.807) is 43.5 Å². The van der Waals surface area contributed by atoms with Gasteiger partial charge in [0.2, 0.25) is 0 Å². The average molecular weight is 518 g/mol. The number of methoxy groups -OCH3 is 1. The van der Waals surface area contributed by atoms with Gasteiger partial charge >= 0.3 is 0 Å². The number of hydrogen-bond donors (Lipinski definition) is 1. The van der Waals surface area contributed by atoms with Crippen molar-refractivity contribution >= 4 is 58.0 Å². The molecule has 0 aliphatic carbocycles. The van der Waals surface area contributed by atoms with Crippen LogP contribution >= 0.6 is 11.6 Å². The summed E-state index contributed by atoms with van der Waals surface area (Å²) in [6.45, 7) is 0. The number of nitrogens with one attached hydrogen (secondary N) is 1. The second kappa shape index (κ2) is 11.5. The van der Waals surface area contributed by atoms with Gasteiger partial charge in [0.05, 0.1) is 12.6 Å². The third-order valence-corrected chi connectivity index (χ3v) is 6.14. The van der Waals surface area contributed by atoms with Gasteiger partial charge in [-0.1, -0.05) is 60.2 Å². The molecular weight excluding hydrogens is 494 g/mol. The van der Waals surface area contributed by atoms with Crippen LogP contribution in [-0.2, 0) is 0 Å². The van der Waals surface area contributed by atoms with E-state index < -0.39 is 0 Å². The highest BCUT2D eigenvalue weighted by Crippen LogP contribution is 2.25. The zero-order chi connectivity index (χ0) is 26.3. The first-order valence-electron chi connectivity index (χ1n) is 12.0. The Labute approximate surface area is 226 Å². The van der Waals surface area contributed by atoms with Crippen molar-refractivity contribution < 1.29 is 9.53 Å². The molecule has 0 saturated carbocycles. The third kappa shape index (κ3) is 6.14. The number of para-hydroxylation sites is 1. The van der Waals surface area contributed by atoms with E-state index in [1.807, 2.05) is 84.9 Å². The van der Waals surface area contributed by atoms with Crippen LogP contribution in [0.5, 0.6) is 5.75 Å². The fourth-order valence-corrected chi connectivity index (χ4v) is 3.97. The number of allylic oxidation sites excluding steroid dienone is 1. The van der Waals surface area contributed by atoms with Crippen LogP contribution in [0.15, 0.2) is 103 Å². The van der Waals surface area contributed by atoms with Gasteiger partial charge in [-0.15, -0.1) is 0 Å². The summed E-state index contributed by atoms with van der Waals surface area (Å²) in [6, 6.07) is 30.3. The molecule has 5 aromatic rings. The summed E-state index contributed by atoms with van der Waals surface area (Å²) in [7, 11) is 1.65. The summed E-state index contributed by atoms with van der Waals surface area (Å²) in [5.74, 6) is 2.00. The molecule has 1 heterocycles. The van der Waals surface area contributed by atoms with Gasteiger partial charge < -0.3 is 10.1 Å². The van der Waals surface area contributed by atoms with Gasteiger partial charge in [-0.3, -0.25) is 4.79 Å². The second-order valence-electron chi connectivity index (χ2n) is 8.51. The SMILES string of the molecule is COc1ccc(/C=C/c2nc(Nc3ccc(C(=O)/C=C/c4ccc(Cl)cc4)cc3)c3ccccc3n2)cc1. The zero-order valence-electron chi connectivity index (χ0n) is 20.6. The minimum Gasteiger partial charge on any atom is -0.497 e. The molecule has 0 aliphatic rings. The van der Waals surface area contributed by atoms with Crippen LogP contribution in [0, 0.1) is 0 Å². The van der Waals surface area contributed by atoms with E-state index in [0.717, 1.165) is 33.5 Å². The van der Waals surface area contributed by atoms with Crippen molar-refractivity contribution in [2.24, 2.45) is 0 Å². The van der Waals surface area contributed by atoms with Crippen molar-refractivity contribution in [2.75, 3.05) is 12.4 Å². The Morgan fingerprint density at radius 1 is 0.789 bits per heavy atom. The lowest BCUT2D eigenvalue weighted by atomic mass is 10.1. The van der Waals surface area contributed by atoms with Crippen molar-refractivity contribution in [1.82, 2.24) is 9.97 Å². The molecule has 5 rings (SSSR count). The Morgan fingerprint density at radius 3 is 2.21 bits per heavy atom. The van der Waals surface area contributed by atoms with Gasteiger partial charge in [-0.05, 0) is 83.9 Å². The lowest BCUT2D eigenvalue weighted by Gasteiger charge is -2.10. The molecule has 1 aromatic heterocycles. The molecule has 0 amide bonds. The van der Waals surface area contributed by atoms with Crippen molar-refractivity contribution in [3.63, 3.8) is 0 Å². The number of carbonyl (C=O) groups excluding carboxylic acids is 1. The molecule has 4 aromatic carbocycles. The van der Waals surface area contributed by atoms with Crippen molar-refractivity contribution in [2.45, 2.75) is 0 Å². The van der Waals surface area contributed by atoms with E-state index in [2.05, 4.69) is 5.32 Å². The largest absolute Gasteiger partial charge is 0.497 e. The predicted molar refractivity (Wildman–Crippen MR) is 156 cm³/mol. The van der Waals surface area contributed by atoms with Crippen LogP contribution in [0.3, 0.4) is 0 Å². The second-order valence-corrected chi connectivity index (χ2v) is 8.94. The van der Waals surface area contributed by atoms with Crippen LogP contribution < -0.4 is 10.1 Å². The van der Waals surface area contributed by atoms with E-state index in [1.165, 1.54) is 0 Å². The maximum absolute atomic E-state index is 12.6. The van der Waals surface area contributed by atoms with E-state index in [-0.39, 0.29) is 5.78 Å². The molecule has 0 radical (unpaired) electrons. The normalized spacial score (nSPS) is 11.3. The smallest absolute Gasteiger partial charge is 0.185 e. The number of nitrogens with zero attached hydrogens (tertiary/aromatic N) is 2. The van der Waals surface area contributed by atoms with E-state index in [4.69, 9.17) is 26.3 Å². The number of carbonyl (C=O) groups is 1. The maximum Gasteiger partial charge on any atom is 0.185 e. The Kier molecular flexibility index (Phi) is 7.57. The first kappa shape index (κ1) is 24.9. The minimum absolute atomic E-state index is 0.0788. The molecule has 38 heavy (non-hydrogen) atoms. The molecule has 0 aliphatic heterocycles. The number of ketones is 1. The zero-order valence-corrected chi connectivity index (χ0v) is 21.4. The molecular formula is C32H24ClN3O2. The predicted octanol–water partition coefficient (Wildman–Crippen LogP) is 8.10. The Morgan fingerprint density at radius 2 is 1.47 bits per heavy atom. The topological polar surface area (TPSA) is 64.1 Å². The molecule has 0 unspecified atom stereocenters. The number of fused-ring (bicyclic) bond motifs is 1. The van der Waals surface area contributed by atoms with Crippen molar-refractivity contribution in [3.8, 4) is 5.75 Å². The summed E-state index contributed by atoms with van der Waals surface area (Å²) >= 11 is 5.92. The van der Waals surface area contributed by atoms with Gasteiger partial charge in [0.25, 0.3) is 0 Å². The Bertz CT molecular complexity index is 1630. The fourth-order valence-electron chi connectivity index (χ4n) is 3.85. The number of halogens is 1. The third-order valence-electron chi connectivity index (χ3n) is 5.89. The van der Waals surface area contributed by atoms with Crippen LogP contribution in [0.4, 0.5) is 11.5 Å². The number of hydrogen-bond acceptors (Lipinski definition) is 5. The minimum atomic E-state index is -0.0788. The summed E-state index contributed by atoms with van der Waals surface area (Å²) in [6.07, 6.45) is 7.18. The Balaban J connectivity index is 1.35. The highest BCUT2D eigenvalue weighted by Gasteiger charge is 2.08. The first-order valence-corrected chi connectivity index (χ1v) is 12.4. The fraction of sp³-hybridized carbons (Fsp3) is 0.0312. The van der Waals surface area contributed by atoms with E-state index in [0.29, 0.717) is 22.2 Å².